The van der Waals surface area contributed by atoms with E-state index in [9.17, 15) is 24.6 Å². The second-order valence-electron chi connectivity index (χ2n) is 15.4. The van der Waals surface area contributed by atoms with Crippen LogP contribution in [-0.2, 0) is 25.5 Å². The molecule has 322 valence electrons. The molecule has 1 aromatic rings. The average Bonchev–Trinajstić information content (AvgIpc) is 3.68. The van der Waals surface area contributed by atoms with Gasteiger partial charge in [-0.05, 0) is 39.3 Å². The molecule has 55 heavy (non-hydrogen) atoms. The zero-order valence-electron chi connectivity index (χ0n) is 36.3. The molecule has 3 N–H and O–H groups in total. The molecule has 0 aromatic carbocycles. The van der Waals surface area contributed by atoms with Crippen molar-refractivity contribution < 1.29 is 29.3 Å². The number of ether oxygens (including phenoxy) is 1. The maximum Gasteiger partial charge on any atom is 0.329 e. The Morgan fingerprint density at radius 2 is 1.04 bits per heavy atom. The molecule has 0 saturated carbocycles. The molecule has 0 aliphatic carbocycles. The van der Waals surface area contributed by atoms with Gasteiger partial charge in [-0.2, -0.15) is 0 Å². The van der Waals surface area contributed by atoms with Gasteiger partial charge in [-0.1, -0.05) is 168 Å². The molecular formula is C45H86N4O6. The molecule has 1 rings (SSSR count). The van der Waals surface area contributed by atoms with Gasteiger partial charge < -0.3 is 24.8 Å². The lowest BCUT2D eigenvalue weighted by Gasteiger charge is -2.29. The van der Waals surface area contributed by atoms with Gasteiger partial charge in [-0.25, -0.2) is 9.78 Å². The van der Waals surface area contributed by atoms with Gasteiger partial charge in [0.15, 0.2) is 0 Å². The Morgan fingerprint density at radius 1 is 0.636 bits per heavy atom. The number of aromatic amines is 1. The molecule has 0 spiro atoms. The smallest absolute Gasteiger partial charge is 0.329 e. The van der Waals surface area contributed by atoms with Crippen LogP contribution in [0.4, 0.5) is 0 Å². The third kappa shape index (κ3) is 29.4. The highest BCUT2D eigenvalue weighted by Crippen LogP contribution is 2.16. The van der Waals surface area contributed by atoms with E-state index < -0.39 is 18.1 Å². The van der Waals surface area contributed by atoms with Crippen LogP contribution in [-0.4, -0.2) is 92.8 Å². The highest BCUT2D eigenvalue weighted by atomic mass is 16.5. The number of hydrogen-bond acceptors (Lipinski definition) is 7. The number of unbranched alkanes of at least 4 members (excludes halogenated alkanes) is 23. The minimum atomic E-state index is -0.896. The van der Waals surface area contributed by atoms with Crippen molar-refractivity contribution in [2.45, 2.75) is 220 Å². The Bertz CT molecular complexity index is 1010. The summed E-state index contributed by atoms with van der Waals surface area (Å²) in [5.41, 5.74) is 0.745. The molecule has 10 heteroatoms. The SMILES string of the molecule is CCCCCCCCCCCCCCCCCCCCCCN(CCCCC)C(CO)C(=O)O.CCCCCN(C(C)=O)C(Cc1c[nH]cn1)C(=O)OCC. The number of carboxylic acid groups (broad SMARTS) is 1. The van der Waals surface area contributed by atoms with Crippen molar-refractivity contribution in [3.63, 3.8) is 0 Å². The minimum absolute atomic E-state index is 0.111. The minimum Gasteiger partial charge on any atom is -0.480 e. The van der Waals surface area contributed by atoms with E-state index >= 15 is 0 Å². The van der Waals surface area contributed by atoms with Crippen LogP contribution in [0.3, 0.4) is 0 Å². The summed E-state index contributed by atoms with van der Waals surface area (Å²) in [5.74, 6) is -1.38. The van der Waals surface area contributed by atoms with Gasteiger partial charge in [0, 0.05) is 26.1 Å². The number of amides is 1. The number of H-pyrrole nitrogens is 1. The summed E-state index contributed by atoms with van der Waals surface area (Å²) in [6.45, 7) is 11.9. The number of aromatic nitrogens is 2. The number of imidazole rings is 1. The summed E-state index contributed by atoms with van der Waals surface area (Å²) in [6.07, 6.45) is 37.3. The van der Waals surface area contributed by atoms with Crippen LogP contribution in [0.15, 0.2) is 12.5 Å². The summed E-state index contributed by atoms with van der Waals surface area (Å²) in [7, 11) is 0. The fourth-order valence-electron chi connectivity index (χ4n) is 7.13. The van der Waals surface area contributed by atoms with Crippen LogP contribution in [0.2, 0.25) is 0 Å². The standard InChI is InChI=1S/C30H61NO3.C15H25N3O3/c1-3-5-7-8-9-10-11-12-13-14-15-16-17-18-19-20-21-22-23-25-27-31(26-24-6-4-2)29(28-32)30(33)34;1-4-6-7-8-18(12(3)19)14(15(20)21-5-2)9-13-10-16-11-17-13/h29,32H,3-28H2,1-2H3,(H,33,34);10-11,14H,4-9H2,1-3H3,(H,16,17). The normalized spacial score (nSPS) is 12.3. The van der Waals surface area contributed by atoms with E-state index in [0.29, 0.717) is 19.6 Å². The molecule has 1 heterocycles. The van der Waals surface area contributed by atoms with E-state index in [4.69, 9.17) is 4.74 Å². The molecule has 0 fully saturated rings. The molecule has 0 aliphatic heterocycles. The van der Waals surface area contributed by atoms with Crippen molar-refractivity contribution >= 4 is 17.8 Å². The Morgan fingerprint density at radius 3 is 1.40 bits per heavy atom. The maximum atomic E-state index is 12.2. The van der Waals surface area contributed by atoms with Crippen LogP contribution < -0.4 is 0 Å². The number of aliphatic hydroxyl groups is 1. The quantitative estimate of drug-likeness (QED) is 0.0449. The number of nitrogens with one attached hydrogen (secondary N) is 1. The third-order valence-corrected chi connectivity index (χ3v) is 10.5. The highest BCUT2D eigenvalue weighted by molar-refractivity contribution is 5.83. The fourth-order valence-corrected chi connectivity index (χ4v) is 7.13. The molecule has 1 aromatic heterocycles. The first-order valence-electron chi connectivity index (χ1n) is 22.8. The third-order valence-electron chi connectivity index (χ3n) is 10.5. The van der Waals surface area contributed by atoms with E-state index in [1.165, 1.54) is 129 Å². The summed E-state index contributed by atoms with van der Waals surface area (Å²) >= 11 is 0. The van der Waals surface area contributed by atoms with E-state index in [1.807, 2.05) is 4.90 Å². The Hall–Kier alpha value is -2.46. The van der Waals surface area contributed by atoms with Crippen molar-refractivity contribution in [1.82, 2.24) is 19.8 Å². The van der Waals surface area contributed by atoms with Gasteiger partial charge >= 0.3 is 11.9 Å². The summed E-state index contributed by atoms with van der Waals surface area (Å²) in [4.78, 5) is 46.1. The number of nitrogens with zero attached hydrogens (tertiary/aromatic N) is 3. The number of carbonyl (C=O) groups excluding carboxylic acids is 2. The number of aliphatic carboxylic acids is 1. The van der Waals surface area contributed by atoms with Crippen molar-refractivity contribution in [3.8, 4) is 0 Å². The van der Waals surface area contributed by atoms with Gasteiger partial charge in [0.05, 0.1) is 25.2 Å². The number of aliphatic hydroxyl groups excluding tert-OH is 1. The summed E-state index contributed by atoms with van der Waals surface area (Å²) < 4.78 is 5.12. The van der Waals surface area contributed by atoms with Crippen molar-refractivity contribution in [3.05, 3.63) is 18.2 Å². The fraction of sp³-hybridized carbons (Fsp3) is 0.867. The molecule has 10 nitrogen and oxygen atoms in total. The summed E-state index contributed by atoms with van der Waals surface area (Å²) in [6, 6.07) is -1.35. The predicted molar refractivity (Wildman–Crippen MR) is 227 cm³/mol. The van der Waals surface area contributed by atoms with Crippen LogP contribution in [0.5, 0.6) is 0 Å². The molecular weight excluding hydrogens is 693 g/mol. The van der Waals surface area contributed by atoms with Crippen molar-refractivity contribution in [1.29, 1.82) is 0 Å². The molecule has 2 unspecified atom stereocenters. The topological polar surface area (TPSA) is 136 Å². The highest BCUT2D eigenvalue weighted by Gasteiger charge is 2.30. The zero-order valence-corrected chi connectivity index (χ0v) is 36.3. The van der Waals surface area contributed by atoms with Crippen molar-refractivity contribution in [2.75, 3.05) is 32.8 Å². The second kappa shape index (κ2) is 38.4. The van der Waals surface area contributed by atoms with Gasteiger partial charge in [0.2, 0.25) is 5.91 Å². The van der Waals surface area contributed by atoms with Crippen LogP contribution in [0, 0.1) is 0 Å². The predicted octanol–water partition coefficient (Wildman–Crippen LogP) is 10.7. The van der Waals surface area contributed by atoms with E-state index in [-0.39, 0.29) is 18.5 Å². The van der Waals surface area contributed by atoms with Gasteiger partial charge in [0.1, 0.15) is 12.1 Å². The number of esters is 1. The molecule has 0 bridgehead atoms. The van der Waals surface area contributed by atoms with E-state index in [1.54, 1.807) is 24.3 Å². The van der Waals surface area contributed by atoms with E-state index in [2.05, 4.69) is 30.7 Å². The van der Waals surface area contributed by atoms with Crippen molar-refractivity contribution in [2.24, 2.45) is 0 Å². The number of carboxylic acids is 1. The first-order valence-corrected chi connectivity index (χ1v) is 22.8. The molecule has 2 atom stereocenters. The molecule has 0 aliphatic rings. The molecule has 1 amide bonds. The van der Waals surface area contributed by atoms with Gasteiger partial charge in [-0.15, -0.1) is 0 Å². The first-order chi connectivity index (χ1) is 26.8. The van der Waals surface area contributed by atoms with Gasteiger partial charge in [-0.3, -0.25) is 14.5 Å². The second-order valence-corrected chi connectivity index (χ2v) is 15.4. The lowest BCUT2D eigenvalue weighted by Crippen LogP contribution is -2.46. The Balaban J connectivity index is 0.00000118. The van der Waals surface area contributed by atoms with E-state index in [0.717, 1.165) is 63.7 Å². The summed E-state index contributed by atoms with van der Waals surface area (Å²) in [5, 5.41) is 18.8. The monoisotopic (exact) mass is 779 g/mol. The Kier molecular flexibility index (Phi) is 36.7. The molecule has 0 saturated heterocycles. The lowest BCUT2D eigenvalue weighted by molar-refractivity contribution is -0.154. The van der Waals surface area contributed by atoms with Crippen LogP contribution >= 0.6 is 0 Å². The van der Waals surface area contributed by atoms with Gasteiger partial charge in [0.25, 0.3) is 0 Å². The number of carbonyl (C=O) groups is 3. The zero-order chi connectivity index (χ0) is 40.8. The lowest BCUT2D eigenvalue weighted by atomic mass is 10.0. The van der Waals surface area contributed by atoms with Crippen LogP contribution in [0.25, 0.3) is 0 Å². The average molecular weight is 779 g/mol. The maximum absolute atomic E-state index is 12.2. The number of hydrogen-bond donors (Lipinski definition) is 3. The first kappa shape index (κ1) is 52.5. The Labute approximate surface area is 337 Å². The number of rotatable bonds is 37. The largest absolute Gasteiger partial charge is 0.480 e. The van der Waals surface area contributed by atoms with Crippen LogP contribution in [0.1, 0.15) is 207 Å². The molecule has 0 radical (unpaired) electrons.